The second-order valence-corrected chi connectivity index (χ2v) is 7.63. The third-order valence-corrected chi connectivity index (χ3v) is 4.77. The molecule has 0 spiro atoms. The van der Waals surface area contributed by atoms with Crippen LogP contribution in [0.4, 0.5) is 0 Å². The van der Waals surface area contributed by atoms with Crippen LogP contribution in [-0.2, 0) is 10.2 Å². The summed E-state index contributed by atoms with van der Waals surface area (Å²) in [5.41, 5.74) is 2.74. The summed E-state index contributed by atoms with van der Waals surface area (Å²) in [7, 11) is 0. The van der Waals surface area contributed by atoms with Gasteiger partial charge in [0.15, 0.2) is 0 Å². The molecule has 1 saturated heterocycles. The van der Waals surface area contributed by atoms with Gasteiger partial charge in [0.25, 0.3) is 5.91 Å². The Labute approximate surface area is 141 Å². The van der Waals surface area contributed by atoms with E-state index in [1.165, 1.54) is 5.56 Å². The number of fused-ring (bicyclic) bond motifs is 1. The van der Waals surface area contributed by atoms with Gasteiger partial charge in [-0.25, -0.2) is 0 Å². The minimum atomic E-state index is -0.855. The van der Waals surface area contributed by atoms with E-state index in [1.807, 2.05) is 12.1 Å². The number of hydrogen-bond donors (Lipinski definition) is 2. The molecule has 3 rings (SSSR count). The number of nitrogens with one attached hydrogen (secondary N) is 1. The Hall–Kier alpha value is -2.30. The average Bonchev–Trinajstić information content (AvgIpc) is 3.10. The molecule has 0 bridgehead atoms. The molecule has 1 atom stereocenters. The lowest BCUT2D eigenvalue weighted by molar-refractivity contribution is -0.137. The molecule has 1 aliphatic rings. The van der Waals surface area contributed by atoms with Crippen LogP contribution in [0.25, 0.3) is 10.9 Å². The van der Waals surface area contributed by atoms with E-state index in [0.717, 1.165) is 23.7 Å². The molecule has 0 radical (unpaired) electrons. The van der Waals surface area contributed by atoms with Gasteiger partial charge < -0.3 is 15.0 Å². The number of carboxylic acid groups (broad SMARTS) is 1. The van der Waals surface area contributed by atoms with Crippen molar-refractivity contribution in [1.29, 1.82) is 0 Å². The van der Waals surface area contributed by atoms with Gasteiger partial charge in [0.1, 0.15) is 5.69 Å². The van der Waals surface area contributed by atoms with Crippen molar-refractivity contribution in [2.24, 2.45) is 0 Å². The van der Waals surface area contributed by atoms with Crippen LogP contribution in [0.2, 0.25) is 0 Å². The minimum absolute atomic E-state index is 0.0140. The molecule has 2 aromatic rings. The van der Waals surface area contributed by atoms with Crippen LogP contribution in [0.5, 0.6) is 0 Å². The van der Waals surface area contributed by atoms with E-state index in [1.54, 1.807) is 4.90 Å². The molecule has 1 unspecified atom stereocenters. The quantitative estimate of drug-likeness (QED) is 0.905. The summed E-state index contributed by atoms with van der Waals surface area (Å²) in [5.74, 6) is -0.960. The number of H-pyrrole nitrogens is 1. The normalized spacial score (nSPS) is 18.3. The highest BCUT2D eigenvalue weighted by atomic mass is 16.4. The molecule has 1 aromatic carbocycles. The molecule has 5 heteroatoms. The fourth-order valence-corrected chi connectivity index (χ4v) is 3.38. The summed E-state index contributed by atoms with van der Waals surface area (Å²) in [6.45, 7) is 7.09. The summed E-state index contributed by atoms with van der Waals surface area (Å²) in [6, 6.07) is 7.87. The third-order valence-electron chi connectivity index (χ3n) is 4.77. The van der Waals surface area contributed by atoms with E-state index in [-0.39, 0.29) is 23.8 Å². The first-order chi connectivity index (χ1) is 11.3. The second kappa shape index (κ2) is 5.96. The van der Waals surface area contributed by atoms with E-state index in [4.69, 9.17) is 5.11 Å². The van der Waals surface area contributed by atoms with Crippen molar-refractivity contribution in [2.45, 2.75) is 51.5 Å². The van der Waals surface area contributed by atoms with E-state index < -0.39 is 5.97 Å². The van der Waals surface area contributed by atoms with Gasteiger partial charge in [0, 0.05) is 23.5 Å². The first-order valence-corrected chi connectivity index (χ1v) is 8.42. The van der Waals surface area contributed by atoms with Gasteiger partial charge in [-0.05, 0) is 36.0 Å². The molecule has 0 saturated carbocycles. The van der Waals surface area contributed by atoms with E-state index in [0.29, 0.717) is 12.2 Å². The van der Waals surface area contributed by atoms with E-state index in [9.17, 15) is 9.59 Å². The first kappa shape index (κ1) is 16.6. The summed E-state index contributed by atoms with van der Waals surface area (Å²) < 4.78 is 0. The number of aromatic amines is 1. The number of likely N-dealkylation sites (tertiary alicyclic amines) is 1. The Kier molecular flexibility index (Phi) is 4.11. The SMILES string of the molecule is CC(C)(C)c1ccc2cc(C(=O)N3CCCC3CC(=O)O)[nH]c2c1. The monoisotopic (exact) mass is 328 g/mol. The van der Waals surface area contributed by atoms with Gasteiger partial charge in [0.2, 0.25) is 0 Å². The van der Waals surface area contributed by atoms with Crippen LogP contribution in [0.15, 0.2) is 24.3 Å². The third kappa shape index (κ3) is 3.16. The number of carboxylic acids is 1. The molecule has 1 fully saturated rings. The van der Waals surface area contributed by atoms with Crippen LogP contribution >= 0.6 is 0 Å². The van der Waals surface area contributed by atoms with Crippen LogP contribution in [0, 0.1) is 0 Å². The van der Waals surface area contributed by atoms with Gasteiger partial charge in [-0.3, -0.25) is 9.59 Å². The second-order valence-electron chi connectivity index (χ2n) is 7.63. The fraction of sp³-hybridized carbons (Fsp3) is 0.474. The summed E-state index contributed by atoms with van der Waals surface area (Å²) in [6.07, 6.45) is 1.63. The number of nitrogens with zero attached hydrogens (tertiary/aromatic N) is 1. The average molecular weight is 328 g/mol. The minimum Gasteiger partial charge on any atom is -0.481 e. The van der Waals surface area contributed by atoms with Crippen molar-refractivity contribution in [3.8, 4) is 0 Å². The van der Waals surface area contributed by atoms with Gasteiger partial charge in [0.05, 0.1) is 6.42 Å². The van der Waals surface area contributed by atoms with Crippen LogP contribution in [0.3, 0.4) is 0 Å². The number of hydrogen-bond acceptors (Lipinski definition) is 2. The molecule has 128 valence electrons. The maximum absolute atomic E-state index is 12.8. The Morgan fingerprint density at radius 2 is 2.04 bits per heavy atom. The number of rotatable bonds is 3. The topological polar surface area (TPSA) is 73.4 Å². The Balaban J connectivity index is 1.89. The zero-order valence-corrected chi connectivity index (χ0v) is 14.4. The molecule has 2 heterocycles. The number of carbonyl (C=O) groups excluding carboxylic acids is 1. The van der Waals surface area contributed by atoms with Crippen LogP contribution in [0.1, 0.15) is 56.1 Å². The lowest BCUT2D eigenvalue weighted by atomic mass is 9.87. The first-order valence-electron chi connectivity index (χ1n) is 8.42. The number of benzene rings is 1. The maximum atomic E-state index is 12.8. The zero-order valence-electron chi connectivity index (χ0n) is 14.4. The predicted octanol–water partition coefficient (Wildman–Crippen LogP) is 3.54. The molecule has 1 aliphatic heterocycles. The fourth-order valence-electron chi connectivity index (χ4n) is 3.38. The standard InChI is InChI=1S/C19H24N2O3/c1-19(2,3)13-7-6-12-9-16(20-15(12)10-13)18(24)21-8-4-5-14(21)11-17(22)23/h6-7,9-10,14,20H,4-5,8,11H2,1-3H3,(H,22,23). The van der Waals surface area contributed by atoms with Crippen molar-refractivity contribution in [3.05, 3.63) is 35.5 Å². The van der Waals surface area contributed by atoms with Crippen molar-refractivity contribution in [3.63, 3.8) is 0 Å². The van der Waals surface area contributed by atoms with Crippen molar-refractivity contribution >= 4 is 22.8 Å². The number of aliphatic carboxylic acids is 1. The Morgan fingerprint density at radius 3 is 2.71 bits per heavy atom. The highest BCUT2D eigenvalue weighted by molar-refractivity contribution is 5.98. The Morgan fingerprint density at radius 1 is 1.29 bits per heavy atom. The zero-order chi connectivity index (χ0) is 17.5. The van der Waals surface area contributed by atoms with Gasteiger partial charge in [-0.2, -0.15) is 0 Å². The summed E-state index contributed by atoms with van der Waals surface area (Å²) in [5, 5.41) is 10.0. The highest BCUT2D eigenvalue weighted by Crippen LogP contribution is 2.28. The van der Waals surface area contributed by atoms with Gasteiger partial charge in [-0.1, -0.05) is 32.9 Å². The molecular weight excluding hydrogens is 304 g/mol. The molecule has 0 aliphatic carbocycles. The smallest absolute Gasteiger partial charge is 0.305 e. The maximum Gasteiger partial charge on any atom is 0.305 e. The van der Waals surface area contributed by atoms with Crippen molar-refractivity contribution in [2.75, 3.05) is 6.54 Å². The lowest BCUT2D eigenvalue weighted by Crippen LogP contribution is -2.37. The van der Waals surface area contributed by atoms with E-state index >= 15 is 0 Å². The van der Waals surface area contributed by atoms with Crippen molar-refractivity contribution < 1.29 is 14.7 Å². The largest absolute Gasteiger partial charge is 0.481 e. The Bertz CT molecular complexity index is 785. The summed E-state index contributed by atoms with van der Waals surface area (Å²) >= 11 is 0. The van der Waals surface area contributed by atoms with Crippen LogP contribution < -0.4 is 0 Å². The van der Waals surface area contributed by atoms with Gasteiger partial charge in [-0.15, -0.1) is 0 Å². The molecule has 5 nitrogen and oxygen atoms in total. The molecule has 2 N–H and O–H groups in total. The van der Waals surface area contributed by atoms with Crippen molar-refractivity contribution in [1.82, 2.24) is 9.88 Å². The molecular formula is C19H24N2O3. The summed E-state index contributed by atoms with van der Waals surface area (Å²) in [4.78, 5) is 28.7. The molecule has 1 aromatic heterocycles. The van der Waals surface area contributed by atoms with E-state index in [2.05, 4.69) is 37.9 Å². The number of aromatic nitrogens is 1. The predicted molar refractivity (Wildman–Crippen MR) is 93.3 cm³/mol. The number of carbonyl (C=O) groups is 2. The molecule has 24 heavy (non-hydrogen) atoms. The number of amides is 1. The highest BCUT2D eigenvalue weighted by Gasteiger charge is 2.31. The van der Waals surface area contributed by atoms with Crippen LogP contribution in [-0.4, -0.2) is 39.5 Å². The van der Waals surface area contributed by atoms with Gasteiger partial charge >= 0.3 is 5.97 Å². The molecule has 1 amide bonds. The lowest BCUT2D eigenvalue weighted by Gasteiger charge is -2.22.